The van der Waals surface area contributed by atoms with Gasteiger partial charge in [-0.3, -0.25) is 4.79 Å². The van der Waals surface area contributed by atoms with Crippen LogP contribution in [0.4, 0.5) is 5.69 Å². The summed E-state index contributed by atoms with van der Waals surface area (Å²) in [6, 6.07) is 18.6. The van der Waals surface area contributed by atoms with Crippen molar-refractivity contribution >= 4 is 39.4 Å². The summed E-state index contributed by atoms with van der Waals surface area (Å²) in [6.45, 7) is 0. The molecule has 7 heteroatoms. The molecule has 1 aromatic heterocycles. The molecule has 1 aliphatic heterocycles. The van der Waals surface area contributed by atoms with E-state index in [4.69, 9.17) is 11.0 Å². The minimum atomic E-state index is -0.250. The minimum absolute atomic E-state index is 0.210. The molecule has 3 N–H and O–H groups in total. The van der Waals surface area contributed by atoms with Crippen molar-refractivity contribution in [2.45, 2.75) is 0 Å². The smallest absolute Gasteiger partial charge is 0.307 e. The number of hydrogen-bond donors (Lipinski definition) is 2. The molecule has 0 radical (unpaired) electrons. The van der Waals surface area contributed by atoms with Crippen molar-refractivity contribution in [1.29, 1.82) is 5.26 Å². The predicted octanol–water partition coefficient (Wildman–Crippen LogP) is 3.22. The Morgan fingerprint density at radius 1 is 1.19 bits per heavy atom. The molecule has 3 aromatic rings. The maximum atomic E-state index is 12.9. The second-order valence-corrected chi connectivity index (χ2v) is 6.87. The van der Waals surface area contributed by atoms with Crippen LogP contribution < -0.4 is 15.8 Å². The van der Waals surface area contributed by atoms with Crippen LogP contribution in [-0.4, -0.2) is 12.2 Å². The fraction of sp³-hybridized carbons (Fsp3) is 0. The summed E-state index contributed by atoms with van der Waals surface area (Å²) in [5.74, 6) is 0.115. The van der Waals surface area contributed by atoms with Crippen molar-refractivity contribution < 1.29 is 4.79 Å². The van der Waals surface area contributed by atoms with Gasteiger partial charge in [-0.2, -0.15) is 10.7 Å². The third kappa shape index (κ3) is 2.54. The van der Waals surface area contributed by atoms with Gasteiger partial charge in [0.05, 0.1) is 16.5 Å². The minimum Gasteiger partial charge on any atom is -0.351 e. The van der Waals surface area contributed by atoms with Crippen molar-refractivity contribution in [2.24, 2.45) is 10.7 Å². The standard InChI is InChI=1S/C19H13N5OS/c20-10-13-5-7-15(8-6-13)24(12-22-11-18(24)21)23-19(25)17-9-14-3-1-2-4-16(14)26-17/h1-9,11-12H,21H2/p+1. The molecule has 4 rings (SSSR count). The zero-order valence-corrected chi connectivity index (χ0v) is 14.4. The fourth-order valence-corrected chi connectivity index (χ4v) is 3.77. The highest BCUT2D eigenvalue weighted by atomic mass is 32.1. The van der Waals surface area contributed by atoms with Crippen LogP contribution in [0.25, 0.3) is 10.1 Å². The number of rotatable bonds is 3. The second-order valence-electron chi connectivity index (χ2n) is 5.79. The van der Waals surface area contributed by atoms with E-state index in [2.05, 4.69) is 16.5 Å². The van der Waals surface area contributed by atoms with Gasteiger partial charge in [0.1, 0.15) is 6.20 Å². The predicted molar refractivity (Wildman–Crippen MR) is 103 cm³/mol. The van der Waals surface area contributed by atoms with E-state index < -0.39 is 0 Å². The second kappa shape index (κ2) is 6.11. The number of nitrogens with zero attached hydrogens (tertiary/aromatic N) is 3. The normalized spacial score (nSPS) is 18.5. The number of benzene rings is 2. The molecule has 0 bridgehead atoms. The summed E-state index contributed by atoms with van der Waals surface area (Å²) < 4.78 is 0.833. The Bertz CT molecular complexity index is 1070. The first-order chi connectivity index (χ1) is 12.6. The highest BCUT2D eigenvalue weighted by Gasteiger charge is 2.39. The van der Waals surface area contributed by atoms with E-state index in [1.54, 1.807) is 30.6 Å². The zero-order chi connectivity index (χ0) is 18.1. The van der Waals surface area contributed by atoms with Crippen molar-refractivity contribution in [2.75, 3.05) is 0 Å². The van der Waals surface area contributed by atoms with E-state index in [0.717, 1.165) is 10.1 Å². The van der Waals surface area contributed by atoms with Crippen LogP contribution in [0.15, 0.2) is 71.6 Å². The van der Waals surface area contributed by atoms with Gasteiger partial charge >= 0.3 is 5.91 Å². The lowest BCUT2D eigenvalue weighted by atomic mass is 10.2. The molecule has 6 nitrogen and oxygen atoms in total. The Morgan fingerprint density at radius 2 is 1.96 bits per heavy atom. The number of aliphatic imine (C=N–C) groups is 1. The number of quaternary nitrogens is 1. The molecule has 1 atom stereocenters. The van der Waals surface area contributed by atoms with Crippen molar-refractivity contribution in [1.82, 2.24) is 10.0 Å². The number of hydrogen-bond acceptors (Lipinski definition) is 5. The molecule has 2 aromatic carbocycles. The van der Waals surface area contributed by atoms with Gasteiger partial charge in [0.15, 0.2) is 5.69 Å². The largest absolute Gasteiger partial charge is 0.351 e. The number of carbonyl (C=O) groups is 1. The van der Waals surface area contributed by atoms with Crippen LogP contribution in [0.2, 0.25) is 0 Å². The van der Waals surface area contributed by atoms with E-state index in [9.17, 15) is 4.79 Å². The number of fused-ring (bicyclic) bond motifs is 1. The molecule has 1 aliphatic rings. The SMILES string of the molecule is N#Cc1ccc([N+]2(NC(=O)c3cc4ccccc4s3)C=NC=C2N)cc1. The lowest BCUT2D eigenvalue weighted by Gasteiger charge is -2.28. The maximum absolute atomic E-state index is 12.9. The Labute approximate surface area is 153 Å². The Morgan fingerprint density at radius 3 is 2.62 bits per heavy atom. The first-order valence-electron chi connectivity index (χ1n) is 7.83. The van der Waals surface area contributed by atoms with E-state index in [1.807, 2.05) is 30.3 Å². The van der Waals surface area contributed by atoms with Gasteiger partial charge in [-0.15, -0.1) is 11.3 Å². The molecule has 0 saturated heterocycles. The van der Waals surface area contributed by atoms with Crippen LogP contribution in [0.1, 0.15) is 15.2 Å². The number of nitrogens with one attached hydrogen (secondary N) is 1. The molecule has 1 unspecified atom stereocenters. The molecule has 1 amide bonds. The molecular weight excluding hydrogens is 346 g/mol. The van der Waals surface area contributed by atoms with E-state index >= 15 is 0 Å². The summed E-state index contributed by atoms with van der Waals surface area (Å²) in [7, 11) is 0. The quantitative estimate of drug-likeness (QED) is 0.703. The van der Waals surface area contributed by atoms with Crippen LogP contribution >= 0.6 is 11.3 Å². The highest BCUT2D eigenvalue weighted by Crippen LogP contribution is 2.29. The highest BCUT2D eigenvalue weighted by molar-refractivity contribution is 7.20. The van der Waals surface area contributed by atoms with Gasteiger partial charge in [-0.25, -0.2) is 4.99 Å². The summed E-state index contributed by atoms with van der Waals surface area (Å²) in [5, 5.41) is 10.0. The lowest BCUT2D eigenvalue weighted by Crippen LogP contribution is -2.60. The molecule has 26 heavy (non-hydrogen) atoms. The van der Waals surface area contributed by atoms with Gasteiger partial charge in [0.2, 0.25) is 6.34 Å². The number of carbonyl (C=O) groups excluding carboxylic acids is 1. The topological polar surface area (TPSA) is 91.3 Å². The molecule has 0 fully saturated rings. The van der Waals surface area contributed by atoms with Gasteiger partial charge in [-0.1, -0.05) is 22.8 Å². The Hall–Kier alpha value is -3.47. The van der Waals surface area contributed by atoms with E-state index in [0.29, 0.717) is 21.9 Å². The first kappa shape index (κ1) is 16.0. The van der Waals surface area contributed by atoms with Gasteiger partial charge in [0.25, 0.3) is 5.82 Å². The Balaban J connectivity index is 1.71. The molecule has 126 valence electrons. The summed E-state index contributed by atoms with van der Waals surface area (Å²) in [6.07, 6.45) is 3.06. The van der Waals surface area contributed by atoms with Crippen LogP contribution in [-0.2, 0) is 0 Å². The zero-order valence-electron chi connectivity index (χ0n) is 13.6. The number of nitrogens with two attached hydrogens (primary N) is 1. The third-order valence-corrected chi connectivity index (χ3v) is 5.30. The van der Waals surface area contributed by atoms with E-state index in [1.165, 1.54) is 17.5 Å². The number of nitriles is 1. The van der Waals surface area contributed by atoms with Gasteiger partial charge in [0, 0.05) is 16.8 Å². The maximum Gasteiger partial charge on any atom is 0.307 e. The average molecular weight is 360 g/mol. The first-order valence-corrected chi connectivity index (χ1v) is 8.65. The lowest BCUT2D eigenvalue weighted by molar-refractivity contribution is 0.0900. The molecule has 0 aliphatic carbocycles. The Kier molecular flexibility index (Phi) is 3.77. The number of amides is 1. The summed E-state index contributed by atoms with van der Waals surface area (Å²) >= 11 is 1.42. The van der Waals surface area contributed by atoms with Gasteiger partial charge < -0.3 is 5.73 Å². The number of thiophene rings is 1. The van der Waals surface area contributed by atoms with Crippen LogP contribution in [0.3, 0.4) is 0 Å². The monoisotopic (exact) mass is 360 g/mol. The van der Waals surface area contributed by atoms with Gasteiger partial charge in [-0.05, 0) is 29.7 Å². The van der Waals surface area contributed by atoms with Crippen molar-refractivity contribution in [3.8, 4) is 6.07 Å². The van der Waals surface area contributed by atoms with Crippen LogP contribution in [0.5, 0.6) is 0 Å². The molecule has 0 saturated carbocycles. The third-order valence-electron chi connectivity index (χ3n) is 4.18. The fourth-order valence-electron chi connectivity index (χ4n) is 2.82. The average Bonchev–Trinajstić information content (AvgIpc) is 3.26. The van der Waals surface area contributed by atoms with E-state index in [-0.39, 0.29) is 10.5 Å². The molecule has 2 heterocycles. The van der Waals surface area contributed by atoms with Crippen molar-refractivity contribution in [3.05, 3.63) is 77.1 Å². The molecule has 0 spiro atoms. The van der Waals surface area contributed by atoms with Crippen LogP contribution in [0, 0.1) is 11.3 Å². The summed E-state index contributed by atoms with van der Waals surface area (Å²) in [5.41, 5.74) is 10.3. The summed E-state index contributed by atoms with van der Waals surface area (Å²) in [4.78, 5) is 17.6. The molecular formula is C19H14N5OS+. The van der Waals surface area contributed by atoms with Crippen molar-refractivity contribution in [3.63, 3.8) is 0 Å².